The Hall–Kier alpha value is -7.08. The van der Waals surface area contributed by atoms with Crippen LogP contribution in [0.5, 0.6) is 0 Å². The Morgan fingerprint density at radius 1 is 0.704 bits per heavy atom. The number of H-pyrrole nitrogens is 1. The van der Waals surface area contributed by atoms with Crippen LogP contribution in [0.2, 0.25) is 0 Å². The zero-order valence-electron chi connectivity index (χ0n) is 40.7. The van der Waals surface area contributed by atoms with Crippen molar-refractivity contribution >= 4 is 58.6 Å². The summed E-state index contributed by atoms with van der Waals surface area (Å²) in [4.78, 5) is 105. The third kappa shape index (κ3) is 16.0. The summed E-state index contributed by atoms with van der Waals surface area (Å²) in [6.07, 6.45) is 10.9. The molecule has 18 nitrogen and oxygen atoms in total. The summed E-state index contributed by atoms with van der Waals surface area (Å²) in [5, 5.41) is 18.6. The molecule has 1 aliphatic heterocycles. The highest BCUT2D eigenvalue weighted by Gasteiger charge is 2.36. The number of carbonyl (C=O) groups is 7. The minimum absolute atomic E-state index is 0.0502. The number of aromatic nitrogens is 1. The summed E-state index contributed by atoms with van der Waals surface area (Å²) >= 11 is 0. The van der Waals surface area contributed by atoms with E-state index in [9.17, 15) is 33.6 Å². The second-order valence-electron chi connectivity index (χ2n) is 18.7. The number of benzene rings is 3. The third-order valence-corrected chi connectivity index (χ3v) is 13.5. The number of likely N-dealkylation sites (N-methyl/N-ethyl adjacent to an activating group) is 1. The lowest BCUT2D eigenvalue weighted by Gasteiger charge is -2.29. The van der Waals surface area contributed by atoms with Crippen LogP contribution in [0.3, 0.4) is 0 Å². The number of hydrogen-bond acceptors (Lipinski definition) is 9. The van der Waals surface area contributed by atoms with E-state index in [4.69, 9.17) is 11.5 Å². The number of carbonyl (C=O) groups excluding carboxylic acids is 7. The smallest absolute Gasteiger partial charge is 0.251 e. The molecule has 2 fully saturated rings. The van der Waals surface area contributed by atoms with Gasteiger partial charge in [-0.1, -0.05) is 98.8 Å². The number of aliphatic imine (C=N–C) groups is 1. The number of likely N-dealkylation sites (tertiary alicyclic amines) is 1. The van der Waals surface area contributed by atoms with Crippen molar-refractivity contribution < 1.29 is 33.6 Å². The number of nitrogens with two attached hydrogens (primary N) is 2. The molecule has 3 aromatic carbocycles. The predicted octanol–water partition coefficient (Wildman–Crippen LogP) is 2.90. The van der Waals surface area contributed by atoms with Crippen molar-refractivity contribution in [2.24, 2.45) is 22.4 Å². The van der Waals surface area contributed by atoms with Gasteiger partial charge in [0.2, 0.25) is 29.5 Å². The second kappa shape index (κ2) is 27.3. The number of nitrogens with one attached hydrogen (secondary N) is 7. The molecule has 1 saturated carbocycles. The lowest BCUT2D eigenvalue weighted by atomic mass is 9.84. The SMILES string of the molecule is CN[C@H](CC1CCCCC1)C(=O)NC(Cc1c[nH]c2ccccc12)C(=O)NC(CCCN=C(N)N)C(=O)NCCC[C@H](NC(=O)[C@H](Cc1ccccc1)NC(=O)c1ccccc1)C(=O)N1CCCC1C=O. The van der Waals surface area contributed by atoms with E-state index in [1.807, 2.05) is 60.8 Å². The van der Waals surface area contributed by atoms with Crippen LogP contribution in [0, 0.1) is 5.92 Å². The molecule has 6 rings (SSSR count). The Kier molecular flexibility index (Phi) is 20.5. The van der Waals surface area contributed by atoms with Gasteiger partial charge in [0.25, 0.3) is 5.91 Å². The van der Waals surface area contributed by atoms with Gasteiger partial charge in [-0.3, -0.25) is 33.8 Å². The molecular formula is C53H71N11O7. The second-order valence-corrected chi connectivity index (χ2v) is 18.7. The van der Waals surface area contributed by atoms with Crippen LogP contribution in [-0.4, -0.2) is 121 Å². The van der Waals surface area contributed by atoms with Gasteiger partial charge in [0, 0.05) is 55.1 Å². The van der Waals surface area contributed by atoms with E-state index in [1.165, 1.54) is 11.3 Å². The molecule has 1 saturated heterocycles. The van der Waals surface area contributed by atoms with Crippen molar-refractivity contribution in [2.45, 2.75) is 126 Å². The quantitative estimate of drug-likeness (QED) is 0.0192. The average molecular weight is 974 g/mol. The highest BCUT2D eigenvalue weighted by molar-refractivity contribution is 5.99. The van der Waals surface area contributed by atoms with Crippen molar-refractivity contribution in [3.8, 4) is 0 Å². The number of aromatic amines is 1. The van der Waals surface area contributed by atoms with E-state index >= 15 is 0 Å². The first-order valence-corrected chi connectivity index (χ1v) is 25.1. The minimum atomic E-state index is -1.10. The van der Waals surface area contributed by atoms with E-state index in [2.05, 4.69) is 41.9 Å². The number of rotatable bonds is 26. The molecule has 6 atom stereocenters. The minimum Gasteiger partial charge on any atom is -0.370 e. The first kappa shape index (κ1) is 53.3. The van der Waals surface area contributed by atoms with Gasteiger partial charge in [0.05, 0.1) is 12.1 Å². The van der Waals surface area contributed by atoms with Gasteiger partial charge >= 0.3 is 0 Å². The van der Waals surface area contributed by atoms with Crippen LogP contribution >= 0.6 is 0 Å². The summed E-state index contributed by atoms with van der Waals surface area (Å²) in [5.41, 5.74) is 14.0. The Balaban J connectivity index is 1.16. The molecule has 18 heteroatoms. The van der Waals surface area contributed by atoms with Crippen molar-refractivity contribution in [1.29, 1.82) is 0 Å². The molecule has 1 aliphatic carbocycles. The normalized spacial score (nSPS) is 16.9. The third-order valence-electron chi connectivity index (χ3n) is 13.5. The number of nitrogens with zero attached hydrogens (tertiary/aromatic N) is 2. The molecule has 3 unspecified atom stereocenters. The fourth-order valence-corrected chi connectivity index (χ4v) is 9.63. The van der Waals surface area contributed by atoms with E-state index in [0.29, 0.717) is 43.7 Å². The van der Waals surface area contributed by atoms with Crippen molar-refractivity contribution in [3.05, 3.63) is 108 Å². The van der Waals surface area contributed by atoms with E-state index in [1.54, 1.807) is 37.4 Å². The van der Waals surface area contributed by atoms with Crippen LogP contribution in [0.15, 0.2) is 96.1 Å². The van der Waals surface area contributed by atoms with E-state index < -0.39 is 65.8 Å². The van der Waals surface area contributed by atoms with Gasteiger partial charge in [-0.25, -0.2) is 0 Å². The summed E-state index contributed by atoms with van der Waals surface area (Å²) in [6.45, 7) is 0.582. The Bertz CT molecular complexity index is 2420. The van der Waals surface area contributed by atoms with E-state index in [0.717, 1.165) is 54.0 Å². The number of hydrogen-bond donors (Lipinski definition) is 9. The molecule has 11 N–H and O–H groups in total. The molecule has 2 aliphatic rings. The van der Waals surface area contributed by atoms with Gasteiger partial charge in [0.15, 0.2) is 5.96 Å². The summed E-state index contributed by atoms with van der Waals surface area (Å²) in [7, 11) is 1.74. The van der Waals surface area contributed by atoms with Gasteiger partial charge in [-0.05, 0) is 87.2 Å². The van der Waals surface area contributed by atoms with Gasteiger partial charge in [-0.2, -0.15) is 0 Å². The lowest BCUT2D eigenvalue weighted by molar-refractivity contribution is -0.139. The molecule has 0 radical (unpaired) electrons. The zero-order valence-corrected chi connectivity index (χ0v) is 40.7. The maximum absolute atomic E-state index is 14.5. The number of fused-ring (bicyclic) bond motifs is 1. The van der Waals surface area contributed by atoms with Crippen molar-refractivity contribution in [1.82, 2.24) is 41.8 Å². The molecule has 71 heavy (non-hydrogen) atoms. The van der Waals surface area contributed by atoms with E-state index in [-0.39, 0.29) is 57.1 Å². The van der Waals surface area contributed by atoms with Gasteiger partial charge in [0.1, 0.15) is 30.5 Å². The number of aldehydes is 1. The molecule has 4 aromatic rings. The van der Waals surface area contributed by atoms with Gasteiger partial charge in [-0.15, -0.1) is 0 Å². The van der Waals surface area contributed by atoms with Crippen molar-refractivity contribution in [2.75, 3.05) is 26.7 Å². The lowest BCUT2D eigenvalue weighted by Crippen LogP contribution is -2.57. The largest absolute Gasteiger partial charge is 0.370 e. The number of para-hydroxylation sites is 1. The molecule has 380 valence electrons. The fourth-order valence-electron chi connectivity index (χ4n) is 9.63. The van der Waals surface area contributed by atoms with Crippen LogP contribution in [-0.2, 0) is 41.6 Å². The maximum Gasteiger partial charge on any atom is 0.251 e. The van der Waals surface area contributed by atoms with Crippen LogP contribution in [0.1, 0.15) is 98.5 Å². The molecule has 1 aromatic heterocycles. The molecule has 0 bridgehead atoms. The highest BCUT2D eigenvalue weighted by atomic mass is 16.2. The van der Waals surface area contributed by atoms with Gasteiger partial charge < -0.3 is 58.0 Å². The van der Waals surface area contributed by atoms with Crippen LogP contribution < -0.4 is 43.4 Å². The average Bonchev–Trinajstić information content (AvgIpc) is 4.04. The standard InChI is InChI=1S/C53H71N11O7/c1-56-44(30-35-16-5-2-6-17-35)49(68)63-46(32-38-33-59-41-24-12-11-23-40(38)41)51(70)60-42(25-13-28-58-53(54)55)48(67)57-27-14-26-43(52(71)64-29-15-22-39(64)34-65)61-50(69)45(31-36-18-7-3-8-19-36)62-47(66)37-20-9-4-10-21-37/h3-4,7-12,18-21,23-24,33-35,39,42-46,56,59H,2,5-6,13-17,22,25-32H2,1H3,(H,57,67)(H,60,70)(H,61,69)(H,62,66)(H,63,68)(H4,54,55,58)/t39?,42?,43-,44+,45-,46?/m0/s1. The number of amides is 6. The zero-order chi connectivity index (χ0) is 50.5. The highest BCUT2D eigenvalue weighted by Crippen LogP contribution is 2.28. The Morgan fingerprint density at radius 2 is 1.34 bits per heavy atom. The molecular weight excluding hydrogens is 903 g/mol. The Labute approximate surface area is 415 Å². The fraction of sp³-hybridized carbons (Fsp3) is 0.472. The molecule has 6 amide bonds. The first-order chi connectivity index (χ1) is 34.4. The predicted molar refractivity (Wildman–Crippen MR) is 273 cm³/mol. The summed E-state index contributed by atoms with van der Waals surface area (Å²) in [6, 6.07) is 19.9. The molecule has 2 heterocycles. The monoisotopic (exact) mass is 974 g/mol. The van der Waals surface area contributed by atoms with Crippen molar-refractivity contribution in [3.63, 3.8) is 0 Å². The molecule has 0 spiro atoms. The first-order valence-electron chi connectivity index (χ1n) is 25.1. The summed E-state index contributed by atoms with van der Waals surface area (Å²) < 4.78 is 0. The maximum atomic E-state index is 14.5. The van der Waals surface area contributed by atoms with Crippen LogP contribution in [0.4, 0.5) is 0 Å². The topological polar surface area (TPSA) is 275 Å². The summed E-state index contributed by atoms with van der Waals surface area (Å²) in [5.74, 6) is -2.57. The Morgan fingerprint density at radius 3 is 2.04 bits per heavy atom. The van der Waals surface area contributed by atoms with Crippen LogP contribution in [0.25, 0.3) is 10.9 Å². The number of guanidine groups is 1.